The Hall–Kier alpha value is -3.08. The lowest BCUT2D eigenvalue weighted by atomic mass is 10.1. The molecule has 7 heteroatoms. The number of nitrogens with zero attached hydrogens (tertiary/aromatic N) is 2. The number of nitrogens with one attached hydrogen (secondary N) is 1. The molecule has 0 aliphatic carbocycles. The van der Waals surface area contributed by atoms with E-state index in [0.29, 0.717) is 29.5 Å². The van der Waals surface area contributed by atoms with Crippen molar-refractivity contribution in [1.82, 2.24) is 9.97 Å². The number of aromatic nitrogens is 2. The van der Waals surface area contributed by atoms with Gasteiger partial charge in [0.25, 0.3) is 0 Å². The largest absolute Gasteiger partial charge is 0.493 e. The first kappa shape index (κ1) is 23.1. The van der Waals surface area contributed by atoms with Gasteiger partial charge in [-0.3, -0.25) is 0 Å². The summed E-state index contributed by atoms with van der Waals surface area (Å²) in [5, 5.41) is 9.77. The minimum Gasteiger partial charge on any atom is -0.493 e. The van der Waals surface area contributed by atoms with E-state index in [0.717, 1.165) is 31.1 Å². The van der Waals surface area contributed by atoms with Crippen LogP contribution >= 0.6 is 31.9 Å². The molecular weight excluding hydrogens is 546 g/mol. The maximum Gasteiger partial charge on any atom is 0.161 e. The fraction of sp³-hybridized carbons (Fsp3) is 0.154. The van der Waals surface area contributed by atoms with Crippen LogP contribution in [0, 0.1) is 25.2 Å². The predicted octanol–water partition coefficient (Wildman–Crippen LogP) is 7.36. The van der Waals surface area contributed by atoms with Gasteiger partial charge in [-0.05, 0) is 73.0 Å². The van der Waals surface area contributed by atoms with Crippen LogP contribution in [0.15, 0.2) is 57.5 Å². The van der Waals surface area contributed by atoms with Crippen molar-refractivity contribution in [3.8, 4) is 17.6 Å². The first-order valence-electron chi connectivity index (χ1n) is 10.2. The van der Waals surface area contributed by atoms with Crippen molar-refractivity contribution in [2.24, 2.45) is 0 Å². The molecule has 1 heterocycles. The lowest BCUT2D eigenvalue weighted by Crippen LogP contribution is -1.99. The quantitative estimate of drug-likeness (QED) is 0.247. The van der Waals surface area contributed by atoms with Crippen LogP contribution in [0.1, 0.15) is 28.1 Å². The third-order valence-electron chi connectivity index (χ3n) is 5.37. The molecule has 5 nitrogen and oxygen atoms in total. The van der Waals surface area contributed by atoms with Crippen LogP contribution in [-0.2, 0) is 6.61 Å². The van der Waals surface area contributed by atoms with E-state index in [4.69, 9.17) is 9.47 Å². The summed E-state index contributed by atoms with van der Waals surface area (Å²) in [6.45, 7) is 4.50. The van der Waals surface area contributed by atoms with E-state index in [1.165, 1.54) is 11.1 Å². The van der Waals surface area contributed by atoms with Crippen molar-refractivity contribution in [2.45, 2.75) is 20.5 Å². The van der Waals surface area contributed by atoms with Crippen molar-refractivity contribution in [3.05, 3.63) is 85.6 Å². The minimum atomic E-state index is 0.390. The smallest absolute Gasteiger partial charge is 0.161 e. The number of rotatable bonds is 6. The molecule has 0 atom stereocenters. The second-order valence-electron chi connectivity index (χ2n) is 7.64. The molecule has 0 aliphatic heterocycles. The standard InChI is InChI=1S/C26H21Br2N3O2/c1-15-8-22-23(9-16(15)2)31-26(30-22)19(13-29)10-17-4-7-24(25(11-17)32-3)33-14-18-5-6-20(27)12-21(18)28/h4-12H,14H2,1-3H3,(H,30,31)/b19-10-. The molecule has 0 fully saturated rings. The highest BCUT2D eigenvalue weighted by Crippen LogP contribution is 2.32. The number of aromatic amines is 1. The molecule has 1 aromatic heterocycles. The molecule has 0 spiro atoms. The Labute approximate surface area is 209 Å². The Morgan fingerprint density at radius 2 is 1.85 bits per heavy atom. The number of imidazole rings is 1. The molecule has 4 rings (SSSR count). The minimum absolute atomic E-state index is 0.390. The van der Waals surface area contributed by atoms with Crippen LogP contribution in [0.5, 0.6) is 11.5 Å². The summed E-state index contributed by atoms with van der Waals surface area (Å²) >= 11 is 7.01. The topological polar surface area (TPSA) is 70.9 Å². The highest BCUT2D eigenvalue weighted by Gasteiger charge is 2.11. The van der Waals surface area contributed by atoms with E-state index in [1.807, 2.05) is 42.5 Å². The summed E-state index contributed by atoms with van der Waals surface area (Å²) in [6, 6.07) is 17.9. The van der Waals surface area contributed by atoms with E-state index in [2.05, 4.69) is 67.8 Å². The van der Waals surface area contributed by atoms with Gasteiger partial charge in [-0.15, -0.1) is 0 Å². The normalized spacial score (nSPS) is 11.5. The summed E-state index contributed by atoms with van der Waals surface area (Å²) in [6.07, 6.45) is 1.79. The Kier molecular flexibility index (Phi) is 6.87. The van der Waals surface area contributed by atoms with Gasteiger partial charge in [-0.2, -0.15) is 5.26 Å². The summed E-state index contributed by atoms with van der Waals surface area (Å²) in [7, 11) is 1.60. The lowest BCUT2D eigenvalue weighted by Gasteiger charge is -2.12. The number of benzene rings is 3. The number of hydrogen-bond donors (Lipinski definition) is 1. The monoisotopic (exact) mass is 565 g/mol. The van der Waals surface area contributed by atoms with Crippen molar-refractivity contribution in [3.63, 3.8) is 0 Å². The highest BCUT2D eigenvalue weighted by atomic mass is 79.9. The van der Waals surface area contributed by atoms with Crippen LogP contribution in [0.25, 0.3) is 22.7 Å². The fourth-order valence-corrected chi connectivity index (χ4v) is 4.57. The van der Waals surface area contributed by atoms with Crippen LogP contribution in [0.3, 0.4) is 0 Å². The Balaban J connectivity index is 1.60. The number of nitriles is 1. The molecular formula is C26H21Br2N3O2. The summed E-state index contributed by atoms with van der Waals surface area (Å²) < 4.78 is 13.5. The second-order valence-corrected chi connectivity index (χ2v) is 9.41. The molecule has 4 aromatic rings. The number of H-pyrrole nitrogens is 1. The van der Waals surface area contributed by atoms with Crippen molar-refractivity contribution in [1.29, 1.82) is 5.26 Å². The van der Waals surface area contributed by atoms with Crippen LogP contribution in [0.2, 0.25) is 0 Å². The molecule has 3 aromatic carbocycles. The Morgan fingerprint density at radius 3 is 2.58 bits per heavy atom. The van der Waals surface area contributed by atoms with E-state index in [-0.39, 0.29) is 0 Å². The van der Waals surface area contributed by atoms with Gasteiger partial charge in [0.15, 0.2) is 11.5 Å². The van der Waals surface area contributed by atoms with Gasteiger partial charge in [0.05, 0.1) is 23.7 Å². The van der Waals surface area contributed by atoms with Gasteiger partial charge < -0.3 is 14.5 Å². The SMILES string of the molecule is COc1cc(/C=C(/C#N)c2nc3cc(C)c(C)cc3[nH]2)ccc1OCc1ccc(Br)cc1Br. The Morgan fingerprint density at radius 1 is 1.06 bits per heavy atom. The number of allylic oxidation sites excluding steroid dienone is 1. The predicted molar refractivity (Wildman–Crippen MR) is 138 cm³/mol. The third-order valence-corrected chi connectivity index (χ3v) is 6.60. The van der Waals surface area contributed by atoms with Gasteiger partial charge in [0, 0.05) is 14.5 Å². The molecule has 0 radical (unpaired) electrons. The van der Waals surface area contributed by atoms with E-state index < -0.39 is 0 Å². The van der Waals surface area contributed by atoms with Gasteiger partial charge in [0.1, 0.15) is 18.5 Å². The maximum absolute atomic E-state index is 9.77. The average molecular weight is 567 g/mol. The van der Waals surface area contributed by atoms with Gasteiger partial charge in [-0.25, -0.2) is 4.98 Å². The lowest BCUT2D eigenvalue weighted by molar-refractivity contribution is 0.284. The molecule has 0 saturated carbocycles. The zero-order chi connectivity index (χ0) is 23.5. The zero-order valence-corrected chi connectivity index (χ0v) is 21.5. The Bertz CT molecular complexity index is 1380. The molecule has 0 saturated heterocycles. The average Bonchev–Trinajstić information content (AvgIpc) is 3.19. The second kappa shape index (κ2) is 9.82. The van der Waals surface area contributed by atoms with Gasteiger partial charge in [-0.1, -0.05) is 44.0 Å². The first-order valence-corrected chi connectivity index (χ1v) is 11.8. The number of ether oxygens (including phenoxy) is 2. The molecule has 1 N–H and O–H groups in total. The first-order chi connectivity index (χ1) is 15.9. The molecule has 0 unspecified atom stereocenters. The maximum atomic E-state index is 9.77. The van der Waals surface area contributed by atoms with Crippen LogP contribution < -0.4 is 9.47 Å². The van der Waals surface area contributed by atoms with Crippen molar-refractivity contribution < 1.29 is 9.47 Å². The number of halogens is 2. The third kappa shape index (κ3) is 5.13. The molecule has 0 amide bonds. The van der Waals surface area contributed by atoms with Crippen LogP contribution in [-0.4, -0.2) is 17.1 Å². The number of hydrogen-bond acceptors (Lipinski definition) is 4. The van der Waals surface area contributed by atoms with Crippen LogP contribution in [0.4, 0.5) is 0 Å². The van der Waals surface area contributed by atoms with E-state index in [1.54, 1.807) is 13.2 Å². The number of fused-ring (bicyclic) bond motifs is 1. The van der Waals surface area contributed by atoms with Crippen molar-refractivity contribution >= 4 is 54.5 Å². The highest BCUT2D eigenvalue weighted by molar-refractivity contribution is 9.11. The fourth-order valence-electron chi connectivity index (χ4n) is 3.40. The van der Waals surface area contributed by atoms with Gasteiger partial charge >= 0.3 is 0 Å². The molecule has 0 aliphatic rings. The summed E-state index contributed by atoms with van der Waals surface area (Å²) in [4.78, 5) is 7.87. The number of aryl methyl sites for hydroxylation is 2. The van der Waals surface area contributed by atoms with E-state index >= 15 is 0 Å². The number of methoxy groups -OCH3 is 1. The molecule has 0 bridgehead atoms. The molecule has 166 valence electrons. The van der Waals surface area contributed by atoms with E-state index in [9.17, 15) is 5.26 Å². The zero-order valence-electron chi connectivity index (χ0n) is 18.4. The van der Waals surface area contributed by atoms with Crippen molar-refractivity contribution in [2.75, 3.05) is 7.11 Å². The van der Waals surface area contributed by atoms with Gasteiger partial charge in [0.2, 0.25) is 0 Å². The summed E-state index contributed by atoms with van der Waals surface area (Å²) in [5.74, 6) is 1.75. The molecule has 33 heavy (non-hydrogen) atoms. The summed E-state index contributed by atoms with van der Waals surface area (Å²) in [5.41, 5.74) is 6.37.